The number of phenols is 1. The van der Waals surface area contributed by atoms with Gasteiger partial charge >= 0.3 is 5.00 Å². The van der Waals surface area contributed by atoms with Crippen LogP contribution in [0.2, 0.25) is 0 Å². The molecule has 1 amide bonds. The Balaban J connectivity index is 1.65. The molecule has 0 bridgehead atoms. The zero-order valence-electron chi connectivity index (χ0n) is 17.3. The highest BCUT2D eigenvalue weighted by Gasteiger charge is 2.20. The van der Waals surface area contributed by atoms with E-state index in [2.05, 4.69) is 20.4 Å². The number of aromatic hydroxyl groups is 1. The monoisotopic (exact) mass is 494 g/mol. The number of nitro groups is 1. The molecule has 0 spiro atoms. The number of thiophene rings is 1. The van der Waals surface area contributed by atoms with Crippen LogP contribution in [0.1, 0.15) is 9.67 Å². The molecule has 2 N–H and O–H groups in total. The molecule has 13 heteroatoms. The Hall–Kier alpha value is -4.78. The molecule has 0 fully saturated rings. The van der Waals surface area contributed by atoms with Crippen LogP contribution in [0.3, 0.4) is 0 Å². The molecule has 0 unspecified atom stereocenters. The van der Waals surface area contributed by atoms with E-state index in [0.29, 0.717) is 22.4 Å². The number of halogens is 2. The number of carbonyl (C=O) groups excluding carboxylic acids is 1. The van der Waals surface area contributed by atoms with Gasteiger partial charge in [-0.2, -0.15) is 5.10 Å². The average Bonchev–Trinajstić information content (AvgIpc) is 3.49. The maximum absolute atomic E-state index is 13.8. The van der Waals surface area contributed by atoms with Gasteiger partial charge in [-0.1, -0.05) is 17.4 Å². The summed E-state index contributed by atoms with van der Waals surface area (Å²) in [6.07, 6.45) is 1.37. The molecule has 2 aromatic carbocycles. The van der Waals surface area contributed by atoms with Crippen LogP contribution in [-0.2, 0) is 0 Å². The summed E-state index contributed by atoms with van der Waals surface area (Å²) in [5, 5.41) is 27.7. The number of carbonyl (C=O) groups is 1. The van der Waals surface area contributed by atoms with Crippen LogP contribution >= 0.6 is 11.3 Å². The third kappa shape index (κ3) is 4.15. The Morgan fingerprint density at radius 3 is 2.66 bits per heavy atom. The van der Waals surface area contributed by atoms with Gasteiger partial charge in [-0.3, -0.25) is 14.9 Å². The first-order valence-corrected chi connectivity index (χ1v) is 10.7. The third-order valence-electron chi connectivity index (χ3n) is 4.91. The first-order chi connectivity index (χ1) is 16.8. The Kier molecular flexibility index (Phi) is 5.37. The van der Waals surface area contributed by atoms with E-state index in [-0.39, 0.29) is 32.7 Å². The van der Waals surface area contributed by atoms with Crippen molar-refractivity contribution in [1.82, 2.24) is 19.7 Å². The molecule has 0 aliphatic carbocycles. The first-order valence-electron chi connectivity index (χ1n) is 9.86. The lowest BCUT2D eigenvalue weighted by molar-refractivity contribution is -0.380. The summed E-state index contributed by atoms with van der Waals surface area (Å²) in [4.78, 5) is 32.0. The van der Waals surface area contributed by atoms with Crippen molar-refractivity contribution in [2.24, 2.45) is 0 Å². The van der Waals surface area contributed by atoms with Gasteiger partial charge in [0.25, 0.3) is 5.91 Å². The van der Waals surface area contributed by atoms with Crippen molar-refractivity contribution < 1.29 is 23.6 Å². The molecule has 3 aromatic heterocycles. The van der Waals surface area contributed by atoms with Crippen molar-refractivity contribution in [3.05, 3.63) is 87.4 Å². The summed E-state index contributed by atoms with van der Waals surface area (Å²) in [5.41, 5.74) is 0.773. The molecule has 5 rings (SSSR count). The van der Waals surface area contributed by atoms with E-state index in [1.54, 1.807) is 6.07 Å². The number of fused-ring (bicyclic) bond motifs is 1. The molecule has 3 heterocycles. The predicted octanol–water partition coefficient (Wildman–Crippen LogP) is 4.69. The molecule has 0 saturated carbocycles. The standard InChI is InChI=1S/C22H12F2N6O4S/c23-12-2-1-3-13(9-12)29-21-14(10-25-29)20(28-22(32)17-6-7-18(35-17)30(33)34)26-19(27-21)11-4-5-15(24)16(31)8-11/h1-10,31H,(H,26,27,28,32). The van der Waals surface area contributed by atoms with E-state index in [9.17, 15) is 28.8 Å². The molecule has 35 heavy (non-hydrogen) atoms. The lowest BCUT2D eigenvalue weighted by Gasteiger charge is -2.09. The Morgan fingerprint density at radius 1 is 1.11 bits per heavy atom. The van der Waals surface area contributed by atoms with Crippen LogP contribution in [0.15, 0.2) is 60.8 Å². The molecule has 0 atom stereocenters. The number of benzene rings is 2. The fourth-order valence-corrected chi connectivity index (χ4v) is 4.01. The molecule has 0 saturated heterocycles. The number of aromatic nitrogens is 4. The zero-order chi connectivity index (χ0) is 24.7. The van der Waals surface area contributed by atoms with Gasteiger partial charge in [0.1, 0.15) is 11.6 Å². The minimum atomic E-state index is -0.840. The van der Waals surface area contributed by atoms with Gasteiger partial charge in [-0.25, -0.2) is 23.4 Å². The van der Waals surface area contributed by atoms with Crippen molar-refractivity contribution in [3.63, 3.8) is 0 Å². The van der Waals surface area contributed by atoms with Crippen LogP contribution in [0.25, 0.3) is 28.1 Å². The number of anilines is 1. The highest BCUT2D eigenvalue weighted by Crippen LogP contribution is 2.30. The zero-order valence-corrected chi connectivity index (χ0v) is 18.2. The lowest BCUT2D eigenvalue weighted by Crippen LogP contribution is -2.12. The van der Waals surface area contributed by atoms with E-state index in [4.69, 9.17) is 0 Å². The van der Waals surface area contributed by atoms with E-state index >= 15 is 0 Å². The van der Waals surface area contributed by atoms with Crippen molar-refractivity contribution >= 4 is 39.1 Å². The summed E-state index contributed by atoms with van der Waals surface area (Å²) in [6, 6.07) is 11.6. The van der Waals surface area contributed by atoms with Gasteiger partial charge in [-0.05, 0) is 42.5 Å². The third-order valence-corrected chi connectivity index (χ3v) is 5.95. The largest absolute Gasteiger partial charge is 0.505 e. The van der Waals surface area contributed by atoms with Crippen molar-refractivity contribution in [1.29, 1.82) is 0 Å². The maximum atomic E-state index is 13.8. The first kappa shape index (κ1) is 22.0. The molecule has 0 radical (unpaired) electrons. The molecule has 174 valence electrons. The number of phenolic OH excluding ortho intramolecular Hbond substituents is 1. The number of nitrogens with one attached hydrogen (secondary N) is 1. The van der Waals surface area contributed by atoms with E-state index in [1.165, 1.54) is 47.3 Å². The minimum absolute atomic E-state index is 0.0116. The van der Waals surface area contributed by atoms with Crippen molar-refractivity contribution in [2.75, 3.05) is 5.32 Å². The average molecular weight is 494 g/mol. The van der Waals surface area contributed by atoms with Gasteiger partial charge in [0.15, 0.2) is 23.0 Å². The van der Waals surface area contributed by atoms with E-state index in [0.717, 1.165) is 12.1 Å². The fourth-order valence-electron chi connectivity index (χ4n) is 3.30. The summed E-state index contributed by atoms with van der Waals surface area (Å²) < 4.78 is 28.8. The maximum Gasteiger partial charge on any atom is 0.324 e. The number of nitrogens with zero attached hydrogens (tertiary/aromatic N) is 5. The SMILES string of the molecule is O=C(Nc1nc(-c2ccc(F)c(O)c2)nc2c1cnn2-c1cccc(F)c1)c1ccc([N+](=O)[O-])s1. The number of hydrogen-bond acceptors (Lipinski definition) is 8. The second-order valence-corrected chi connectivity index (χ2v) is 8.25. The van der Waals surface area contributed by atoms with Gasteiger partial charge < -0.3 is 10.4 Å². The molecule has 10 nitrogen and oxygen atoms in total. The lowest BCUT2D eigenvalue weighted by atomic mass is 10.2. The Labute approximate surface area is 198 Å². The quantitative estimate of drug-likeness (QED) is 0.267. The van der Waals surface area contributed by atoms with E-state index < -0.39 is 28.2 Å². The van der Waals surface area contributed by atoms with E-state index in [1.807, 2.05) is 0 Å². The minimum Gasteiger partial charge on any atom is -0.505 e. The van der Waals surface area contributed by atoms with Gasteiger partial charge in [0, 0.05) is 11.6 Å². The van der Waals surface area contributed by atoms with Gasteiger partial charge in [-0.15, -0.1) is 0 Å². The molecular formula is C22H12F2N6O4S. The molecule has 0 aliphatic heterocycles. The van der Waals surface area contributed by atoms with Crippen LogP contribution in [-0.4, -0.2) is 35.7 Å². The summed E-state index contributed by atoms with van der Waals surface area (Å²) in [5.74, 6) is -2.60. The smallest absolute Gasteiger partial charge is 0.324 e. The topological polar surface area (TPSA) is 136 Å². The van der Waals surface area contributed by atoms with Crippen LogP contribution < -0.4 is 5.32 Å². The number of hydrogen-bond donors (Lipinski definition) is 2. The predicted molar refractivity (Wildman–Crippen MR) is 123 cm³/mol. The van der Waals surface area contributed by atoms with Crippen molar-refractivity contribution in [3.8, 4) is 22.8 Å². The van der Waals surface area contributed by atoms with Crippen LogP contribution in [0.5, 0.6) is 5.75 Å². The second kappa shape index (κ2) is 8.53. The second-order valence-electron chi connectivity index (χ2n) is 7.18. The van der Waals surface area contributed by atoms with Crippen molar-refractivity contribution in [2.45, 2.75) is 0 Å². The summed E-state index contributed by atoms with van der Waals surface area (Å²) in [6.45, 7) is 0. The van der Waals surface area contributed by atoms with Crippen LogP contribution in [0, 0.1) is 21.7 Å². The fraction of sp³-hybridized carbons (Fsp3) is 0. The van der Waals surface area contributed by atoms with Gasteiger partial charge in [0.2, 0.25) is 0 Å². The van der Waals surface area contributed by atoms with Gasteiger partial charge in [0.05, 0.1) is 27.1 Å². The van der Waals surface area contributed by atoms with Crippen LogP contribution in [0.4, 0.5) is 19.6 Å². The molecule has 0 aliphatic rings. The molecule has 5 aromatic rings. The molecular weight excluding hydrogens is 482 g/mol. The Morgan fingerprint density at radius 2 is 1.94 bits per heavy atom. The summed E-state index contributed by atoms with van der Waals surface area (Å²) in [7, 11) is 0. The summed E-state index contributed by atoms with van der Waals surface area (Å²) >= 11 is 0.690. The Bertz CT molecular complexity index is 1630. The highest BCUT2D eigenvalue weighted by molar-refractivity contribution is 7.17. The normalized spacial score (nSPS) is 11.0. The number of rotatable bonds is 5. The highest BCUT2D eigenvalue weighted by atomic mass is 32.1. The number of amides is 1.